The van der Waals surface area contributed by atoms with Crippen LogP contribution in [0.15, 0.2) is 65.9 Å². The molecule has 2 aliphatic heterocycles. The van der Waals surface area contributed by atoms with E-state index in [1.807, 2.05) is 67.7 Å². The first-order valence-electron chi connectivity index (χ1n) is 14.1. The van der Waals surface area contributed by atoms with Crippen molar-refractivity contribution in [2.45, 2.75) is 51.6 Å². The summed E-state index contributed by atoms with van der Waals surface area (Å²) in [5, 5.41) is 21.3. The fourth-order valence-electron chi connectivity index (χ4n) is 5.94. The number of likely N-dealkylation sites (tertiary alicyclic amines) is 1. The Balaban J connectivity index is 1.46. The van der Waals surface area contributed by atoms with Gasteiger partial charge < -0.3 is 25.6 Å². The molecule has 0 bridgehead atoms. The fourth-order valence-corrected chi connectivity index (χ4v) is 5.94. The van der Waals surface area contributed by atoms with Gasteiger partial charge in [0.1, 0.15) is 17.0 Å². The van der Waals surface area contributed by atoms with Gasteiger partial charge in [0.25, 0.3) is 5.91 Å². The predicted octanol–water partition coefficient (Wildman–Crippen LogP) is 2.92. The molecule has 0 saturated carbocycles. The van der Waals surface area contributed by atoms with Crippen molar-refractivity contribution in [1.82, 2.24) is 25.5 Å². The molecule has 1 saturated heterocycles. The van der Waals surface area contributed by atoms with Crippen LogP contribution in [0.2, 0.25) is 0 Å². The minimum Gasteiger partial charge on any atom is -0.465 e. The van der Waals surface area contributed by atoms with E-state index < -0.39 is 29.0 Å². The number of fused-ring (bicyclic) bond motifs is 2. The van der Waals surface area contributed by atoms with Gasteiger partial charge >= 0.3 is 6.09 Å². The summed E-state index contributed by atoms with van der Waals surface area (Å²) in [5.41, 5.74) is 0.992. The zero-order valence-electron chi connectivity index (χ0n) is 24.0. The highest BCUT2D eigenvalue weighted by Crippen LogP contribution is 2.39. The standard InChI is InChI=1S/C31H36N6O5/c1-4-37-28(40)31(17-20-10-6-5-7-11-20)19-36(15-14-25(31)35-37)26(38)24(33-27(39)30(2,3)34-29(41)42)16-21-18-32-23-13-9-8-12-22(21)23/h5-13,18,24,32,34H,4,14-17,19H2,1-3H3,(H,33,39)(H,41,42). The third kappa shape index (κ3) is 5.46. The maximum absolute atomic E-state index is 14.3. The number of nitrogens with one attached hydrogen (secondary N) is 3. The molecule has 3 aromatic rings. The van der Waals surface area contributed by atoms with Crippen molar-refractivity contribution >= 4 is 40.4 Å². The number of H-pyrrole nitrogens is 1. The van der Waals surface area contributed by atoms with Crippen LogP contribution in [-0.2, 0) is 27.2 Å². The number of hydrogen-bond acceptors (Lipinski definition) is 5. The van der Waals surface area contributed by atoms with Crippen LogP contribution in [0.5, 0.6) is 0 Å². The summed E-state index contributed by atoms with van der Waals surface area (Å²) in [7, 11) is 0. The Hall–Kier alpha value is -4.67. The fraction of sp³-hybridized carbons (Fsp3) is 0.387. The van der Waals surface area contributed by atoms with E-state index in [4.69, 9.17) is 0 Å². The smallest absolute Gasteiger partial charge is 0.405 e. The Kier molecular flexibility index (Phi) is 7.77. The molecule has 1 fully saturated rings. The Morgan fingerprint density at radius 1 is 1.12 bits per heavy atom. The first-order valence-corrected chi connectivity index (χ1v) is 14.1. The van der Waals surface area contributed by atoms with Crippen LogP contribution in [0, 0.1) is 5.41 Å². The van der Waals surface area contributed by atoms with Crippen molar-refractivity contribution in [2.75, 3.05) is 19.6 Å². The number of para-hydroxylation sites is 1. The maximum Gasteiger partial charge on any atom is 0.405 e. The van der Waals surface area contributed by atoms with Crippen molar-refractivity contribution in [3.05, 3.63) is 71.9 Å². The number of carbonyl (C=O) groups is 4. The number of aromatic amines is 1. The number of hydrazone groups is 1. The number of rotatable bonds is 9. The zero-order chi connectivity index (χ0) is 30.1. The van der Waals surface area contributed by atoms with E-state index in [-0.39, 0.29) is 24.8 Å². The molecule has 11 nitrogen and oxygen atoms in total. The second-order valence-electron chi connectivity index (χ2n) is 11.5. The molecule has 220 valence electrons. The van der Waals surface area contributed by atoms with Crippen molar-refractivity contribution in [3.63, 3.8) is 0 Å². The second-order valence-corrected chi connectivity index (χ2v) is 11.5. The molecule has 0 spiro atoms. The minimum absolute atomic E-state index is 0.131. The molecule has 2 aromatic carbocycles. The van der Waals surface area contributed by atoms with E-state index in [9.17, 15) is 24.3 Å². The maximum atomic E-state index is 14.3. The lowest BCUT2D eigenvalue weighted by molar-refractivity contribution is -0.143. The Morgan fingerprint density at radius 2 is 1.83 bits per heavy atom. The van der Waals surface area contributed by atoms with Crippen molar-refractivity contribution in [1.29, 1.82) is 0 Å². The predicted molar refractivity (Wildman–Crippen MR) is 158 cm³/mol. The van der Waals surface area contributed by atoms with Gasteiger partial charge in [0.05, 0.1) is 5.71 Å². The van der Waals surface area contributed by atoms with Gasteiger partial charge in [-0.3, -0.25) is 14.4 Å². The van der Waals surface area contributed by atoms with E-state index in [1.54, 1.807) is 4.90 Å². The lowest BCUT2D eigenvalue weighted by atomic mass is 9.73. The van der Waals surface area contributed by atoms with E-state index >= 15 is 0 Å². The summed E-state index contributed by atoms with van der Waals surface area (Å²) >= 11 is 0. The van der Waals surface area contributed by atoms with Crippen LogP contribution in [0.1, 0.15) is 38.3 Å². The van der Waals surface area contributed by atoms with Gasteiger partial charge in [0.2, 0.25) is 11.8 Å². The molecular weight excluding hydrogens is 536 g/mol. The van der Waals surface area contributed by atoms with Crippen LogP contribution in [0.25, 0.3) is 10.9 Å². The number of benzene rings is 2. The van der Waals surface area contributed by atoms with Crippen LogP contribution < -0.4 is 10.6 Å². The van der Waals surface area contributed by atoms with Gasteiger partial charge in [-0.05, 0) is 44.4 Å². The topological polar surface area (TPSA) is 147 Å². The highest BCUT2D eigenvalue weighted by molar-refractivity contribution is 6.14. The molecule has 4 amide bonds. The Morgan fingerprint density at radius 3 is 2.55 bits per heavy atom. The van der Waals surface area contributed by atoms with Crippen molar-refractivity contribution in [3.8, 4) is 0 Å². The largest absolute Gasteiger partial charge is 0.465 e. The Bertz CT molecular complexity index is 1550. The average Bonchev–Trinajstić information content (AvgIpc) is 3.49. The van der Waals surface area contributed by atoms with Crippen molar-refractivity contribution in [2.24, 2.45) is 10.5 Å². The summed E-state index contributed by atoms with van der Waals surface area (Å²) in [6, 6.07) is 16.4. The minimum atomic E-state index is -1.48. The van der Waals surface area contributed by atoms with Gasteiger partial charge in [-0.25, -0.2) is 9.80 Å². The molecule has 0 radical (unpaired) electrons. The Labute approximate surface area is 243 Å². The molecule has 5 rings (SSSR count). The van der Waals surface area contributed by atoms with Gasteiger partial charge in [0, 0.05) is 49.6 Å². The zero-order valence-corrected chi connectivity index (χ0v) is 24.0. The molecular formula is C31H36N6O5. The summed E-state index contributed by atoms with van der Waals surface area (Å²) in [6.45, 7) is 5.66. The first-order chi connectivity index (χ1) is 20.0. The van der Waals surface area contributed by atoms with E-state index in [0.717, 1.165) is 27.7 Å². The number of carboxylic acid groups (broad SMARTS) is 1. The number of aromatic nitrogens is 1. The third-order valence-corrected chi connectivity index (χ3v) is 8.17. The average molecular weight is 573 g/mol. The van der Waals surface area contributed by atoms with Gasteiger partial charge in [-0.2, -0.15) is 5.10 Å². The molecule has 4 N–H and O–H groups in total. The number of nitrogens with zero attached hydrogens (tertiary/aromatic N) is 3. The van der Waals surface area contributed by atoms with E-state index in [1.165, 1.54) is 18.9 Å². The number of carbonyl (C=O) groups excluding carboxylic acids is 3. The summed E-state index contributed by atoms with van der Waals surface area (Å²) in [5.74, 6) is -1.10. The highest BCUT2D eigenvalue weighted by atomic mass is 16.4. The quantitative estimate of drug-likeness (QED) is 0.311. The molecule has 0 aliphatic carbocycles. The van der Waals surface area contributed by atoms with Gasteiger partial charge in [-0.15, -0.1) is 0 Å². The first kappa shape index (κ1) is 28.8. The van der Waals surface area contributed by atoms with Crippen LogP contribution in [-0.4, -0.2) is 80.7 Å². The number of amides is 4. The highest BCUT2D eigenvalue weighted by Gasteiger charge is 2.54. The van der Waals surface area contributed by atoms with Crippen LogP contribution >= 0.6 is 0 Å². The monoisotopic (exact) mass is 572 g/mol. The SMILES string of the molecule is CCN1N=C2CCN(C(=O)C(Cc3c[nH]c4ccccc34)NC(=O)C(C)(C)NC(=O)O)CC2(Cc2ccccc2)C1=O. The summed E-state index contributed by atoms with van der Waals surface area (Å²) < 4.78 is 0. The van der Waals surface area contributed by atoms with Crippen LogP contribution in [0.4, 0.5) is 4.79 Å². The lowest BCUT2D eigenvalue weighted by Gasteiger charge is -2.41. The molecule has 1 aromatic heterocycles. The number of hydrogen-bond donors (Lipinski definition) is 4. The number of piperidine rings is 1. The second kappa shape index (κ2) is 11.3. The molecule has 2 atom stereocenters. The van der Waals surface area contributed by atoms with Crippen molar-refractivity contribution < 1.29 is 24.3 Å². The molecule has 2 aliphatic rings. The summed E-state index contributed by atoms with van der Waals surface area (Å²) in [4.78, 5) is 57.6. The molecule has 3 heterocycles. The third-order valence-electron chi connectivity index (χ3n) is 8.17. The normalized spacial score (nSPS) is 19.3. The van der Waals surface area contributed by atoms with Crippen LogP contribution in [0.3, 0.4) is 0 Å². The van der Waals surface area contributed by atoms with E-state index in [2.05, 4.69) is 20.7 Å². The molecule has 42 heavy (non-hydrogen) atoms. The molecule has 2 unspecified atom stereocenters. The van der Waals surface area contributed by atoms with Gasteiger partial charge in [-0.1, -0.05) is 48.5 Å². The summed E-state index contributed by atoms with van der Waals surface area (Å²) in [6.07, 6.45) is 1.48. The molecule has 11 heteroatoms. The van der Waals surface area contributed by atoms with Gasteiger partial charge in [0.15, 0.2) is 0 Å². The van der Waals surface area contributed by atoms with E-state index in [0.29, 0.717) is 25.9 Å². The lowest BCUT2D eigenvalue weighted by Crippen LogP contribution is -2.62.